The summed E-state index contributed by atoms with van der Waals surface area (Å²) in [7, 11) is 0. The number of pyridine rings is 1. The van der Waals surface area contributed by atoms with Gasteiger partial charge in [0.2, 0.25) is 0 Å². The van der Waals surface area contributed by atoms with Gasteiger partial charge < -0.3 is 10.1 Å². The lowest BCUT2D eigenvalue weighted by atomic mass is 10.2. The van der Waals surface area contributed by atoms with Crippen LogP contribution < -0.4 is 10.1 Å². The molecule has 2 rings (SSSR count). The number of ether oxygens (including phenoxy) is 1. The summed E-state index contributed by atoms with van der Waals surface area (Å²) in [5, 5.41) is 3.63. The van der Waals surface area contributed by atoms with Gasteiger partial charge in [0.15, 0.2) is 6.61 Å². The summed E-state index contributed by atoms with van der Waals surface area (Å²) in [5.74, 6) is 0.301. The van der Waals surface area contributed by atoms with E-state index in [0.717, 1.165) is 5.56 Å². The lowest BCUT2D eigenvalue weighted by Crippen LogP contribution is -2.20. The van der Waals surface area contributed by atoms with E-state index in [1.807, 2.05) is 6.92 Å². The predicted molar refractivity (Wildman–Crippen MR) is 79.6 cm³/mol. The van der Waals surface area contributed by atoms with Crippen molar-refractivity contribution in [3.05, 3.63) is 52.3 Å². The first-order valence-electron chi connectivity index (χ1n) is 5.85. The summed E-state index contributed by atoms with van der Waals surface area (Å²) in [6.07, 6.45) is 1.48. The van der Waals surface area contributed by atoms with Crippen molar-refractivity contribution in [2.24, 2.45) is 0 Å². The zero-order valence-corrected chi connectivity index (χ0v) is 12.2. The third-order valence-electron chi connectivity index (χ3n) is 2.59. The molecule has 2 aromatic rings. The third kappa shape index (κ3) is 3.85. The molecule has 20 heavy (non-hydrogen) atoms. The molecule has 0 atom stereocenters. The Morgan fingerprint density at radius 2 is 2.10 bits per heavy atom. The topological polar surface area (TPSA) is 51.2 Å². The molecule has 0 aliphatic carbocycles. The SMILES string of the molecule is Cc1c(Cl)cccc1OCC(=O)Nc1ccc(Cl)nc1. The molecule has 0 spiro atoms. The summed E-state index contributed by atoms with van der Waals surface area (Å²) < 4.78 is 5.43. The number of hydrogen-bond acceptors (Lipinski definition) is 3. The lowest BCUT2D eigenvalue weighted by molar-refractivity contribution is -0.118. The summed E-state index contributed by atoms with van der Waals surface area (Å²) >= 11 is 11.6. The molecule has 0 aliphatic heterocycles. The third-order valence-corrected chi connectivity index (χ3v) is 3.22. The quantitative estimate of drug-likeness (QED) is 0.876. The van der Waals surface area contributed by atoms with E-state index in [1.165, 1.54) is 6.20 Å². The Bertz CT molecular complexity index is 615. The van der Waals surface area contributed by atoms with Crippen molar-refractivity contribution >= 4 is 34.8 Å². The molecule has 0 saturated carbocycles. The Morgan fingerprint density at radius 1 is 1.30 bits per heavy atom. The number of anilines is 1. The van der Waals surface area contributed by atoms with E-state index >= 15 is 0 Å². The number of carbonyl (C=O) groups is 1. The fourth-order valence-electron chi connectivity index (χ4n) is 1.53. The van der Waals surface area contributed by atoms with E-state index in [4.69, 9.17) is 27.9 Å². The first-order valence-corrected chi connectivity index (χ1v) is 6.61. The molecular formula is C14H12Cl2N2O2. The Morgan fingerprint density at radius 3 is 2.80 bits per heavy atom. The van der Waals surface area contributed by atoms with Crippen molar-refractivity contribution in [3.63, 3.8) is 0 Å². The molecule has 1 aromatic carbocycles. The van der Waals surface area contributed by atoms with E-state index in [1.54, 1.807) is 30.3 Å². The van der Waals surface area contributed by atoms with Gasteiger partial charge in [0.05, 0.1) is 11.9 Å². The highest BCUT2D eigenvalue weighted by Gasteiger charge is 2.07. The second kappa shape index (κ2) is 6.59. The van der Waals surface area contributed by atoms with Crippen LogP contribution in [0.5, 0.6) is 5.75 Å². The number of nitrogens with zero attached hydrogens (tertiary/aromatic N) is 1. The minimum absolute atomic E-state index is 0.107. The summed E-state index contributed by atoms with van der Waals surface area (Å²) in [6.45, 7) is 1.72. The maximum atomic E-state index is 11.7. The van der Waals surface area contributed by atoms with Crippen LogP contribution in [0.15, 0.2) is 36.5 Å². The van der Waals surface area contributed by atoms with Crippen molar-refractivity contribution in [2.75, 3.05) is 11.9 Å². The van der Waals surface area contributed by atoms with E-state index in [-0.39, 0.29) is 12.5 Å². The molecule has 0 saturated heterocycles. The standard InChI is InChI=1S/C14H12Cl2N2O2/c1-9-11(15)3-2-4-12(9)20-8-14(19)18-10-5-6-13(16)17-7-10/h2-7H,8H2,1H3,(H,18,19). The van der Waals surface area contributed by atoms with E-state index in [9.17, 15) is 4.79 Å². The van der Waals surface area contributed by atoms with Crippen molar-refractivity contribution in [1.82, 2.24) is 4.98 Å². The second-order valence-corrected chi connectivity index (χ2v) is 4.86. The molecule has 4 nitrogen and oxygen atoms in total. The molecule has 0 unspecified atom stereocenters. The summed E-state index contributed by atoms with van der Waals surface area (Å²) in [5.41, 5.74) is 1.36. The minimum Gasteiger partial charge on any atom is -0.483 e. The number of carbonyl (C=O) groups excluding carboxylic acids is 1. The minimum atomic E-state index is -0.284. The van der Waals surface area contributed by atoms with Crippen molar-refractivity contribution in [1.29, 1.82) is 0 Å². The Labute approximate surface area is 126 Å². The number of halogens is 2. The van der Waals surface area contributed by atoms with Gasteiger partial charge in [-0.2, -0.15) is 0 Å². The van der Waals surface area contributed by atoms with Gasteiger partial charge in [-0.3, -0.25) is 4.79 Å². The maximum absolute atomic E-state index is 11.7. The van der Waals surface area contributed by atoms with E-state index < -0.39 is 0 Å². The largest absolute Gasteiger partial charge is 0.483 e. The molecule has 1 N–H and O–H groups in total. The van der Waals surface area contributed by atoms with Gasteiger partial charge >= 0.3 is 0 Å². The van der Waals surface area contributed by atoms with Gasteiger partial charge in [-0.15, -0.1) is 0 Å². The monoisotopic (exact) mass is 310 g/mol. The first-order chi connectivity index (χ1) is 9.56. The maximum Gasteiger partial charge on any atom is 0.262 e. The smallest absolute Gasteiger partial charge is 0.262 e. The Kier molecular flexibility index (Phi) is 4.82. The fraction of sp³-hybridized carbons (Fsp3) is 0.143. The van der Waals surface area contributed by atoms with Crippen LogP contribution in [-0.4, -0.2) is 17.5 Å². The Balaban J connectivity index is 1.92. The molecular weight excluding hydrogens is 299 g/mol. The first kappa shape index (κ1) is 14.6. The molecule has 0 radical (unpaired) electrons. The highest BCUT2D eigenvalue weighted by Crippen LogP contribution is 2.24. The second-order valence-electron chi connectivity index (χ2n) is 4.07. The normalized spacial score (nSPS) is 10.2. The number of aromatic nitrogens is 1. The zero-order chi connectivity index (χ0) is 14.5. The summed E-state index contributed by atoms with van der Waals surface area (Å²) in [6, 6.07) is 8.56. The van der Waals surface area contributed by atoms with Crippen LogP contribution in [0.3, 0.4) is 0 Å². The number of rotatable bonds is 4. The Hall–Kier alpha value is -1.78. The van der Waals surface area contributed by atoms with Crippen molar-refractivity contribution < 1.29 is 9.53 Å². The van der Waals surface area contributed by atoms with Crippen LogP contribution >= 0.6 is 23.2 Å². The van der Waals surface area contributed by atoms with Crippen LogP contribution in [0, 0.1) is 6.92 Å². The molecule has 1 amide bonds. The molecule has 0 fully saturated rings. The van der Waals surface area contributed by atoms with Gasteiger partial charge in [-0.05, 0) is 31.2 Å². The predicted octanol–water partition coefficient (Wildman–Crippen LogP) is 3.71. The van der Waals surface area contributed by atoms with Gasteiger partial charge in [-0.25, -0.2) is 4.98 Å². The van der Waals surface area contributed by atoms with Crippen LogP contribution in [0.25, 0.3) is 0 Å². The molecule has 0 bridgehead atoms. The van der Waals surface area contributed by atoms with Crippen LogP contribution in [0.1, 0.15) is 5.56 Å². The fourth-order valence-corrected chi connectivity index (χ4v) is 1.81. The molecule has 1 aromatic heterocycles. The highest BCUT2D eigenvalue weighted by atomic mass is 35.5. The summed E-state index contributed by atoms with van der Waals surface area (Å²) in [4.78, 5) is 15.6. The number of amides is 1. The van der Waals surface area contributed by atoms with Crippen LogP contribution in [0.4, 0.5) is 5.69 Å². The molecule has 6 heteroatoms. The van der Waals surface area contributed by atoms with Crippen molar-refractivity contribution in [2.45, 2.75) is 6.92 Å². The van der Waals surface area contributed by atoms with Crippen LogP contribution in [-0.2, 0) is 4.79 Å². The molecule has 0 aliphatic rings. The van der Waals surface area contributed by atoms with Crippen LogP contribution in [0.2, 0.25) is 10.2 Å². The van der Waals surface area contributed by atoms with Gasteiger partial charge in [0, 0.05) is 10.6 Å². The number of hydrogen-bond donors (Lipinski definition) is 1. The average molecular weight is 311 g/mol. The van der Waals surface area contributed by atoms with Gasteiger partial charge in [0.25, 0.3) is 5.91 Å². The van der Waals surface area contributed by atoms with E-state index in [2.05, 4.69) is 10.3 Å². The molecule has 104 valence electrons. The average Bonchev–Trinajstić information content (AvgIpc) is 2.43. The van der Waals surface area contributed by atoms with Crippen molar-refractivity contribution in [3.8, 4) is 5.75 Å². The number of nitrogens with one attached hydrogen (secondary N) is 1. The van der Waals surface area contributed by atoms with Gasteiger partial charge in [0.1, 0.15) is 10.9 Å². The number of benzene rings is 1. The zero-order valence-electron chi connectivity index (χ0n) is 10.7. The lowest BCUT2D eigenvalue weighted by Gasteiger charge is -2.10. The highest BCUT2D eigenvalue weighted by molar-refractivity contribution is 6.31. The van der Waals surface area contributed by atoms with Gasteiger partial charge in [-0.1, -0.05) is 29.3 Å². The molecule has 1 heterocycles. The van der Waals surface area contributed by atoms with E-state index in [0.29, 0.717) is 21.6 Å².